The van der Waals surface area contributed by atoms with Gasteiger partial charge in [-0.05, 0) is 71.2 Å². The van der Waals surface area contributed by atoms with Crippen LogP contribution in [0.3, 0.4) is 0 Å². The lowest BCUT2D eigenvalue weighted by atomic mass is 9.82. The summed E-state index contributed by atoms with van der Waals surface area (Å²) in [6.07, 6.45) is -13.7. The zero-order valence-electron chi connectivity index (χ0n) is 30.4. The number of aliphatic hydroxyl groups is 7. The number of phenols is 3. The average molecular weight is 799 g/mol. The molecular formula is C39H42O18. The first-order valence-electron chi connectivity index (χ1n) is 17.6. The molecule has 0 radical (unpaired) electrons. The summed E-state index contributed by atoms with van der Waals surface area (Å²) in [7, 11) is 2.74. The van der Waals surface area contributed by atoms with Gasteiger partial charge in [0.15, 0.2) is 23.6 Å². The van der Waals surface area contributed by atoms with Gasteiger partial charge < -0.3 is 79.5 Å². The van der Waals surface area contributed by atoms with Crippen LogP contribution in [0.25, 0.3) is 11.6 Å². The van der Waals surface area contributed by atoms with Crippen LogP contribution in [-0.4, -0.2) is 145 Å². The number of carbonyl (C=O) groups excluding carboxylic acids is 2. The van der Waals surface area contributed by atoms with Crippen molar-refractivity contribution in [3.8, 4) is 34.5 Å². The molecule has 10 N–H and O–H groups in total. The topological polar surface area (TPSA) is 292 Å². The molecule has 3 aromatic rings. The second kappa shape index (κ2) is 17.2. The van der Waals surface area contributed by atoms with E-state index in [2.05, 4.69) is 0 Å². The molecule has 0 amide bonds. The molecule has 0 aromatic heterocycles. The Morgan fingerprint density at radius 2 is 1.42 bits per heavy atom. The number of phenolic OH excluding ortho intramolecular Hbond substituents is 3. The largest absolute Gasteiger partial charge is 0.507 e. The Morgan fingerprint density at radius 3 is 2.04 bits per heavy atom. The first-order chi connectivity index (χ1) is 27.2. The number of hydrogen-bond acceptors (Lipinski definition) is 18. The van der Waals surface area contributed by atoms with Crippen molar-refractivity contribution in [2.45, 2.75) is 67.6 Å². The molecule has 2 saturated heterocycles. The van der Waals surface area contributed by atoms with E-state index < -0.39 is 103 Å². The fourth-order valence-electron chi connectivity index (χ4n) is 6.96. The number of hydrogen-bond donors (Lipinski definition) is 10. The van der Waals surface area contributed by atoms with Crippen LogP contribution in [0.1, 0.15) is 38.7 Å². The van der Waals surface area contributed by atoms with Crippen molar-refractivity contribution in [1.82, 2.24) is 0 Å². The smallest absolute Gasteiger partial charge is 0.336 e. The number of esters is 1. The summed E-state index contributed by atoms with van der Waals surface area (Å²) in [5.74, 6) is -2.53. The molecule has 3 aliphatic rings. The van der Waals surface area contributed by atoms with E-state index >= 15 is 0 Å². The number of fused-ring (bicyclic) bond motifs is 1. The van der Waals surface area contributed by atoms with Gasteiger partial charge in [-0.25, -0.2) is 4.79 Å². The lowest BCUT2D eigenvalue weighted by molar-refractivity contribution is -0.342. The number of ketones is 1. The first kappa shape index (κ1) is 41.5. The Morgan fingerprint density at radius 1 is 0.807 bits per heavy atom. The van der Waals surface area contributed by atoms with Crippen molar-refractivity contribution >= 4 is 23.4 Å². The SMILES string of the molecule is COc1cc(C=CC(=O)Oc2ccc(C3=CC(=O)c4c(cc(O)c([C@@H]5O[C@H](CO)[C@@H](O)[C@H](O)[C@H]5O[C@@H]5O[C@H](CO)[C@@H](O)[C@H](O)[C@H]5O)c4O)C3)cc2)cc(OC)c1O. The maximum atomic E-state index is 13.6. The van der Waals surface area contributed by atoms with Crippen LogP contribution in [0.5, 0.6) is 34.5 Å². The standard InChI is InChI=1S/C39H42O18/c1-52-23-9-16(10-24(53-2)30(23)45)3-8-27(44)54-20-6-4-17(5-7-20)18-11-19-13-22(43)29(33(48)28(19)21(42)12-18)37-38(35(50)32(47)25(14-40)55-37)57-39-36(51)34(49)31(46)26(15-41)56-39/h3-10,12-13,25-26,31-32,34-41,43,45-51H,11,14-15H2,1-2H3/t25-,26-,31-,32-,34+,35+,36-,37+,38-,39+/m1/s1. The molecule has 2 heterocycles. The van der Waals surface area contributed by atoms with E-state index in [9.17, 15) is 60.7 Å². The molecular weight excluding hydrogens is 756 g/mol. The summed E-state index contributed by atoms with van der Waals surface area (Å²) in [5, 5.41) is 105. The number of aliphatic hydroxyl groups excluding tert-OH is 7. The molecule has 57 heavy (non-hydrogen) atoms. The van der Waals surface area contributed by atoms with Gasteiger partial charge in [-0.3, -0.25) is 4.79 Å². The Kier molecular flexibility index (Phi) is 12.5. The lowest BCUT2D eigenvalue weighted by Gasteiger charge is -2.46. The van der Waals surface area contributed by atoms with Crippen molar-refractivity contribution < 1.29 is 89.1 Å². The van der Waals surface area contributed by atoms with E-state index in [0.29, 0.717) is 16.7 Å². The molecule has 1 aliphatic carbocycles. The van der Waals surface area contributed by atoms with Crippen molar-refractivity contribution in [2.24, 2.45) is 0 Å². The van der Waals surface area contributed by atoms with Gasteiger partial charge >= 0.3 is 5.97 Å². The molecule has 6 rings (SSSR count). The molecule has 306 valence electrons. The van der Waals surface area contributed by atoms with Crippen molar-refractivity contribution in [2.75, 3.05) is 27.4 Å². The first-order valence-corrected chi connectivity index (χ1v) is 17.6. The van der Waals surface area contributed by atoms with Crippen LogP contribution in [0, 0.1) is 0 Å². The highest BCUT2D eigenvalue weighted by Gasteiger charge is 2.52. The third-order valence-electron chi connectivity index (χ3n) is 9.98. The fourth-order valence-corrected chi connectivity index (χ4v) is 6.96. The second-order valence-electron chi connectivity index (χ2n) is 13.5. The fraction of sp³-hybridized carbons (Fsp3) is 0.385. The van der Waals surface area contributed by atoms with E-state index in [1.54, 1.807) is 12.1 Å². The number of methoxy groups -OCH3 is 2. The van der Waals surface area contributed by atoms with Crippen LogP contribution in [0.4, 0.5) is 0 Å². The summed E-state index contributed by atoms with van der Waals surface area (Å²) >= 11 is 0. The lowest BCUT2D eigenvalue weighted by Crippen LogP contribution is -2.62. The van der Waals surface area contributed by atoms with Gasteiger partial charge in [-0.15, -0.1) is 0 Å². The summed E-state index contributed by atoms with van der Waals surface area (Å²) < 4.78 is 32.5. The molecule has 2 aliphatic heterocycles. The second-order valence-corrected chi connectivity index (χ2v) is 13.5. The van der Waals surface area contributed by atoms with E-state index in [0.717, 1.165) is 0 Å². The normalized spacial score (nSPS) is 28.8. The predicted octanol–water partition coefficient (Wildman–Crippen LogP) is -0.399. The zero-order valence-corrected chi connectivity index (χ0v) is 30.4. The Balaban J connectivity index is 1.21. The quantitative estimate of drug-likeness (QED) is 0.0671. The third-order valence-corrected chi connectivity index (χ3v) is 9.98. The van der Waals surface area contributed by atoms with Crippen molar-refractivity contribution in [3.63, 3.8) is 0 Å². The van der Waals surface area contributed by atoms with Gasteiger partial charge in [0.1, 0.15) is 72.2 Å². The highest BCUT2D eigenvalue weighted by molar-refractivity contribution is 6.14. The van der Waals surface area contributed by atoms with Gasteiger partial charge in [-0.1, -0.05) is 12.1 Å². The van der Waals surface area contributed by atoms with Gasteiger partial charge in [-0.2, -0.15) is 0 Å². The molecule has 0 saturated carbocycles. The Labute approximate surface area is 324 Å². The highest BCUT2D eigenvalue weighted by atomic mass is 16.7. The summed E-state index contributed by atoms with van der Waals surface area (Å²) in [4.78, 5) is 26.2. The third kappa shape index (κ3) is 8.18. The van der Waals surface area contributed by atoms with Crippen molar-refractivity contribution in [3.05, 3.63) is 82.4 Å². The van der Waals surface area contributed by atoms with E-state index in [-0.39, 0.29) is 40.5 Å². The summed E-state index contributed by atoms with van der Waals surface area (Å²) in [6.45, 7) is -1.64. The average Bonchev–Trinajstić information content (AvgIpc) is 3.19. The van der Waals surface area contributed by atoms with E-state index in [4.69, 9.17) is 28.4 Å². The van der Waals surface area contributed by atoms with Gasteiger partial charge in [0.2, 0.25) is 5.75 Å². The number of ether oxygens (including phenoxy) is 6. The van der Waals surface area contributed by atoms with Crippen LogP contribution in [0.15, 0.2) is 54.6 Å². The molecule has 3 aromatic carbocycles. The van der Waals surface area contributed by atoms with Crippen LogP contribution in [0.2, 0.25) is 0 Å². The minimum atomic E-state index is -1.94. The number of aromatic hydroxyl groups is 3. The minimum absolute atomic E-state index is 0.0286. The Hall–Kier alpha value is -5.12. The minimum Gasteiger partial charge on any atom is -0.507 e. The Bertz CT molecular complexity index is 2000. The molecule has 10 atom stereocenters. The summed E-state index contributed by atoms with van der Waals surface area (Å²) in [5.41, 5.74) is 1.00. The summed E-state index contributed by atoms with van der Waals surface area (Å²) in [6, 6.07) is 10.4. The predicted molar refractivity (Wildman–Crippen MR) is 193 cm³/mol. The van der Waals surface area contributed by atoms with Gasteiger partial charge in [0, 0.05) is 6.08 Å². The molecule has 18 heteroatoms. The molecule has 2 fully saturated rings. The van der Waals surface area contributed by atoms with Crippen molar-refractivity contribution in [1.29, 1.82) is 0 Å². The maximum absolute atomic E-state index is 13.6. The molecule has 18 nitrogen and oxygen atoms in total. The van der Waals surface area contributed by atoms with E-state index in [1.165, 1.54) is 62.8 Å². The van der Waals surface area contributed by atoms with Crippen LogP contribution >= 0.6 is 0 Å². The van der Waals surface area contributed by atoms with Crippen LogP contribution in [-0.2, 0) is 25.4 Å². The number of rotatable bonds is 11. The molecule has 0 spiro atoms. The highest BCUT2D eigenvalue weighted by Crippen LogP contribution is 2.47. The zero-order chi connectivity index (χ0) is 41.3. The van der Waals surface area contributed by atoms with Gasteiger partial charge in [0.25, 0.3) is 0 Å². The maximum Gasteiger partial charge on any atom is 0.336 e. The number of carbonyl (C=O) groups is 2. The molecule has 0 bridgehead atoms. The van der Waals surface area contributed by atoms with E-state index in [1.807, 2.05) is 0 Å². The van der Waals surface area contributed by atoms with Gasteiger partial charge in [0.05, 0.1) is 38.6 Å². The number of benzene rings is 3. The van der Waals surface area contributed by atoms with Crippen LogP contribution < -0.4 is 14.2 Å². The monoisotopic (exact) mass is 798 g/mol. The number of allylic oxidation sites excluding steroid dienone is 2. The molecule has 0 unspecified atom stereocenters.